The van der Waals surface area contributed by atoms with Crippen molar-refractivity contribution in [2.45, 2.75) is 58.5 Å². The summed E-state index contributed by atoms with van der Waals surface area (Å²) in [7, 11) is 0. The zero-order valence-corrected chi connectivity index (χ0v) is 12.9. The Hall–Kier alpha value is -1.10. The number of likely N-dealkylation sites (tertiary alicyclic amines) is 1. The molecule has 0 aromatic carbocycles. The van der Waals surface area contributed by atoms with Crippen molar-refractivity contribution in [2.75, 3.05) is 19.6 Å². The van der Waals surface area contributed by atoms with Crippen LogP contribution in [0, 0.1) is 5.41 Å². The molecule has 0 aliphatic carbocycles. The van der Waals surface area contributed by atoms with Crippen LogP contribution in [0.5, 0.6) is 0 Å². The lowest BCUT2D eigenvalue weighted by atomic mass is 9.92. The molecule has 0 aromatic heterocycles. The summed E-state index contributed by atoms with van der Waals surface area (Å²) in [5, 5.41) is 6.30. The van der Waals surface area contributed by atoms with Crippen molar-refractivity contribution in [1.29, 1.82) is 0 Å². The Kier molecular flexibility index (Phi) is 4.68. The predicted molar refractivity (Wildman–Crippen MR) is 78.2 cm³/mol. The molecule has 114 valence electrons. The summed E-state index contributed by atoms with van der Waals surface area (Å²) in [4.78, 5) is 25.8. The predicted octanol–water partition coefficient (Wildman–Crippen LogP) is 0.892. The average Bonchev–Trinajstić information content (AvgIpc) is 2.63. The van der Waals surface area contributed by atoms with Crippen molar-refractivity contribution in [3.63, 3.8) is 0 Å². The van der Waals surface area contributed by atoms with E-state index in [2.05, 4.69) is 10.6 Å². The number of hydrogen-bond donors (Lipinski definition) is 2. The summed E-state index contributed by atoms with van der Waals surface area (Å²) in [6, 6.07) is 1.02. The Labute approximate surface area is 121 Å². The van der Waals surface area contributed by atoms with Gasteiger partial charge in [0, 0.05) is 31.6 Å². The van der Waals surface area contributed by atoms with Gasteiger partial charge in [0.05, 0.1) is 6.54 Å². The number of nitrogens with one attached hydrogen (secondary N) is 2. The molecule has 0 saturated carbocycles. The monoisotopic (exact) mass is 281 g/mol. The first-order chi connectivity index (χ1) is 9.33. The molecule has 0 radical (unpaired) electrons. The molecule has 2 N–H and O–H groups in total. The minimum absolute atomic E-state index is 0.0414. The maximum absolute atomic E-state index is 12.2. The number of carbonyl (C=O) groups is 2. The van der Waals surface area contributed by atoms with Crippen molar-refractivity contribution in [2.24, 2.45) is 5.41 Å². The third-order valence-electron chi connectivity index (χ3n) is 4.00. The van der Waals surface area contributed by atoms with Crippen LogP contribution in [0.4, 0.5) is 0 Å². The fourth-order valence-corrected chi connectivity index (χ4v) is 3.00. The molecule has 0 aromatic rings. The van der Waals surface area contributed by atoms with Gasteiger partial charge in [-0.25, -0.2) is 0 Å². The number of rotatable bonds is 3. The first kappa shape index (κ1) is 15.3. The molecule has 2 rings (SSSR count). The van der Waals surface area contributed by atoms with Gasteiger partial charge in [-0.15, -0.1) is 0 Å². The molecule has 2 aliphatic rings. The highest BCUT2D eigenvalue weighted by molar-refractivity contribution is 5.85. The smallest absolute Gasteiger partial charge is 0.242 e. The molecule has 2 amide bonds. The standard InChI is InChI=1S/C15H27N3O2/c1-15(2,3)8-13(19)16-9-14(20)18-7-6-11-4-5-12(10-18)17-11/h11-12,17H,4-10H2,1-3H3,(H,16,19). The Balaban J connectivity index is 1.76. The van der Waals surface area contributed by atoms with Crippen LogP contribution >= 0.6 is 0 Å². The Morgan fingerprint density at radius 2 is 1.90 bits per heavy atom. The molecular formula is C15H27N3O2. The lowest BCUT2D eigenvalue weighted by Crippen LogP contribution is -2.44. The van der Waals surface area contributed by atoms with Crippen LogP contribution in [0.3, 0.4) is 0 Å². The number of amides is 2. The zero-order chi connectivity index (χ0) is 14.8. The van der Waals surface area contributed by atoms with E-state index in [-0.39, 0.29) is 23.8 Å². The highest BCUT2D eigenvalue weighted by atomic mass is 16.2. The van der Waals surface area contributed by atoms with Crippen molar-refractivity contribution in [3.8, 4) is 0 Å². The molecule has 2 atom stereocenters. The van der Waals surface area contributed by atoms with Crippen molar-refractivity contribution < 1.29 is 9.59 Å². The largest absolute Gasteiger partial charge is 0.347 e. The van der Waals surface area contributed by atoms with Crippen LogP contribution in [0.25, 0.3) is 0 Å². The maximum atomic E-state index is 12.2. The maximum Gasteiger partial charge on any atom is 0.242 e. The van der Waals surface area contributed by atoms with Crippen LogP contribution in [0.1, 0.15) is 46.5 Å². The van der Waals surface area contributed by atoms with E-state index in [4.69, 9.17) is 0 Å². The fourth-order valence-electron chi connectivity index (χ4n) is 3.00. The van der Waals surface area contributed by atoms with Crippen molar-refractivity contribution >= 4 is 11.8 Å². The summed E-state index contributed by atoms with van der Waals surface area (Å²) in [5.41, 5.74) is -0.0429. The Morgan fingerprint density at radius 1 is 1.20 bits per heavy atom. The van der Waals surface area contributed by atoms with Crippen LogP contribution in [0.15, 0.2) is 0 Å². The summed E-state index contributed by atoms with van der Waals surface area (Å²) in [6.45, 7) is 7.78. The molecule has 2 aliphatic heterocycles. The van der Waals surface area contributed by atoms with E-state index in [0.29, 0.717) is 18.5 Å². The molecule has 5 nitrogen and oxygen atoms in total. The van der Waals surface area contributed by atoms with Crippen molar-refractivity contribution in [3.05, 3.63) is 0 Å². The lowest BCUT2D eigenvalue weighted by molar-refractivity contribution is -0.133. The topological polar surface area (TPSA) is 61.4 Å². The summed E-state index contributed by atoms with van der Waals surface area (Å²) in [6.07, 6.45) is 3.87. The quantitative estimate of drug-likeness (QED) is 0.808. The zero-order valence-electron chi connectivity index (χ0n) is 12.9. The summed E-state index contributed by atoms with van der Waals surface area (Å²) >= 11 is 0. The lowest BCUT2D eigenvalue weighted by Gasteiger charge is -2.25. The number of fused-ring (bicyclic) bond motifs is 2. The van der Waals surface area contributed by atoms with Gasteiger partial charge in [-0.3, -0.25) is 9.59 Å². The highest BCUT2D eigenvalue weighted by Gasteiger charge is 2.31. The molecule has 5 heteroatoms. The van der Waals surface area contributed by atoms with Crippen LogP contribution in [0.2, 0.25) is 0 Å². The average molecular weight is 281 g/mol. The summed E-state index contributed by atoms with van der Waals surface area (Å²) in [5.74, 6) is 0.00178. The van der Waals surface area contributed by atoms with Gasteiger partial charge in [-0.05, 0) is 24.7 Å². The Morgan fingerprint density at radius 3 is 2.60 bits per heavy atom. The number of hydrogen-bond acceptors (Lipinski definition) is 3. The SMILES string of the molecule is CC(C)(C)CC(=O)NCC(=O)N1CCC2CCC(C1)N2. The van der Waals surface area contributed by atoms with Gasteiger partial charge >= 0.3 is 0 Å². The van der Waals surface area contributed by atoms with Gasteiger partial charge in [0.25, 0.3) is 0 Å². The number of carbonyl (C=O) groups excluding carboxylic acids is 2. The summed E-state index contributed by atoms with van der Waals surface area (Å²) < 4.78 is 0. The third-order valence-corrected chi connectivity index (χ3v) is 4.00. The van der Waals surface area contributed by atoms with Gasteiger partial charge in [0.15, 0.2) is 0 Å². The molecular weight excluding hydrogens is 254 g/mol. The van der Waals surface area contributed by atoms with E-state index in [1.54, 1.807) is 0 Å². The molecule has 0 spiro atoms. The minimum Gasteiger partial charge on any atom is -0.347 e. The van der Waals surface area contributed by atoms with Crippen LogP contribution < -0.4 is 10.6 Å². The normalized spacial score (nSPS) is 26.2. The first-order valence-corrected chi connectivity index (χ1v) is 7.64. The molecule has 2 heterocycles. The van der Waals surface area contributed by atoms with E-state index in [1.807, 2.05) is 25.7 Å². The Bertz CT molecular complexity index is 376. The second kappa shape index (κ2) is 6.12. The third kappa shape index (κ3) is 4.47. The minimum atomic E-state index is -0.0429. The van der Waals surface area contributed by atoms with E-state index in [9.17, 15) is 9.59 Å². The first-order valence-electron chi connectivity index (χ1n) is 7.64. The second-order valence-electron chi connectivity index (χ2n) is 7.28. The van der Waals surface area contributed by atoms with Crippen molar-refractivity contribution in [1.82, 2.24) is 15.5 Å². The second-order valence-corrected chi connectivity index (χ2v) is 7.28. The molecule has 2 fully saturated rings. The molecule has 2 unspecified atom stereocenters. The van der Waals surface area contributed by atoms with Crippen LogP contribution in [-0.4, -0.2) is 48.4 Å². The number of nitrogens with zero attached hydrogens (tertiary/aromatic N) is 1. The molecule has 20 heavy (non-hydrogen) atoms. The van der Waals surface area contributed by atoms with E-state index in [1.165, 1.54) is 6.42 Å². The van der Waals surface area contributed by atoms with Gasteiger partial charge < -0.3 is 15.5 Å². The highest BCUT2D eigenvalue weighted by Crippen LogP contribution is 2.20. The van der Waals surface area contributed by atoms with Gasteiger partial charge in [0.2, 0.25) is 11.8 Å². The van der Waals surface area contributed by atoms with Gasteiger partial charge in [0.1, 0.15) is 0 Å². The van der Waals surface area contributed by atoms with Gasteiger partial charge in [-0.2, -0.15) is 0 Å². The van der Waals surface area contributed by atoms with E-state index < -0.39 is 0 Å². The van der Waals surface area contributed by atoms with E-state index >= 15 is 0 Å². The molecule has 2 saturated heterocycles. The van der Waals surface area contributed by atoms with Gasteiger partial charge in [-0.1, -0.05) is 20.8 Å². The fraction of sp³-hybridized carbons (Fsp3) is 0.867. The van der Waals surface area contributed by atoms with E-state index in [0.717, 1.165) is 25.9 Å². The molecule has 2 bridgehead atoms. The van der Waals surface area contributed by atoms with Crippen LogP contribution in [-0.2, 0) is 9.59 Å².